The van der Waals surface area contributed by atoms with Crippen molar-refractivity contribution in [1.29, 1.82) is 0 Å². The highest BCUT2D eigenvalue weighted by Gasteiger charge is 2.37. The highest BCUT2D eigenvalue weighted by atomic mass is 19.2. The van der Waals surface area contributed by atoms with E-state index in [0.29, 0.717) is 47.0 Å². The molecule has 4 aromatic rings. The summed E-state index contributed by atoms with van der Waals surface area (Å²) in [6, 6.07) is 15.0. The van der Waals surface area contributed by atoms with Crippen LogP contribution in [0.5, 0.6) is 0 Å². The number of carbonyl (C=O) groups is 2. The zero-order chi connectivity index (χ0) is 30.5. The Balaban J connectivity index is 1.45. The van der Waals surface area contributed by atoms with Gasteiger partial charge in [0.1, 0.15) is 17.6 Å². The Morgan fingerprint density at radius 1 is 1.09 bits per heavy atom. The number of methoxy groups -OCH3 is 1. The molecule has 11 nitrogen and oxygen atoms in total. The second-order valence-electron chi connectivity index (χ2n) is 9.86. The van der Waals surface area contributed by atoms with Crippen LogP contribution in [0, 0.1) is 18.6 Å². The fourth-order valence-electron chi connectivity index (χ4n) is 4.85. The SMILES string of the molecule is CNC(=O)c1cc(-c2nn(-c3ccccc3)c(NC(=O)N[C@@H]3CN(CCOC)O[C@H]3c3ccc(F)c(F)c3)c2C)ccn1. The first kappa shape index (κ1) is 29.8. The second kappa shape index (κ2) is 13.1. The Morgan fingerprint density at radius 3 is 2.60 bits per heavy atom. The summed E-state index contributed by atoms with van der Waals surface area (Å²) in [5, 5.41) is 14.8. The molecule has 3 N–H and O–H groups in total. The molecule has 13 heteroatoms. The van der Waals surface area contributed by atoms with Gasteiger partial charge in [0.2, 0.25) is 0 Å². The molecule has 2 aromatic heterocycles. The number of para-hydroxylation sites is 1. The molecule has 0 aliphatic carbocycles. The molecule has 0 radical (unpaired) electrons. The number of nitrogens with zero attached hydrogens (tertiary/aromatic N) is 4. The molecule has 1 saturated heterocycles. The number of ether oxygens (including phenoxy) is 1. The van der Waals surface area contributed by atoms with E-state index >= 15 is 0 Å². The van der Waals surface area contributed by atoms with E-state index in [1.165, 1.54) is 19.3 Å². The molecule has 0 saturated carbocycles. The third kappa shape index (κ3) is 6.53. The van der Waals surface area contributed by atoms with Crippen molar-refractivity contribution >= 4 is 17.8 Å². The van der Waals surface area contributed by atoms with E-state index in [1.807, 2.05) is 37.3 Å². The third-order valence-electron chi connectivity index (χ3n) is 7.01. The van der Waals surface area contributed by atoms with Crippen molar-refractivity contribution in [3.8, 4) is 16.9 Å². The minimum absolute atomic E-state index is 0.225. The smallest absolute Gasteiger partial charge is 0.320 e. The molecule has 5 rings (SSSR count). The van der Waals surface area contributed by atoms with Gasteiger partial charge in [0.25, 0.3) is 5.91 Å². The number of rotatable bonds is 9. The molecule has 3 heterocycles. The van der Waals surface area contributed by atoms with Gasteiger partial charge in [0.15, 0.2) is 11.6 Å². The van der Waals surface area contributed by atoms with Gasteiger partial charge in [-0.2, -0.15) is 10.2 Å². The summed E-state index contributed by atoms with van der Waals surface area (Å²) in [6.07, 6.45) is 0.752. The van der Waals surface area contributed by atoms with E-state index < -0.39 is 29.8 Å². The molecule has 1 aliphatic heterocycles. The van der Waals surface area contributed by atoms with Crippen LogP contribution in [-0.4, -0.2) is 71.7 Å². The molecule has 0 bridgehead atoms. The van der Waals surface area contributed by atoms with Crippen molar-refractivity contribution in [3.05, 3.63) is 95.3 Å². The molecular formula is C30H31F2N7O4. The minimum atomic E-state index is -1.01. The number of urea groups is 1. The van der Waals surface area contributed by atoms with Crippen molar-refractivity contribution in [3.63, 3.8) is 0 Å². The predicted molar refractivity (Wildman–Crippen MR) is 154 cm³/mol. The van der Waals surface area contributed by atoms with Gasteiger partial charge in [0.05, 0.1) is 24.0 Å². The fourth-order valence-corrected chi connectivity index (χ4v) is 4.85. The summed E-state index contributed by atoms with van der Waals surface area (Å²) in [6.45, 7) is 2.87. The number of hydrogen-bond acceptors (Lipinski definition) is 7. The van der Waals surface area contributed by atoms with Gasteiger partial charge in [-0.25, -0.2) is 18.3 Å². The van der Waals surface area contributed by atoms with Crippen LogP contribution in [0.15, 0.2) is 66.9 Å². The first-order chi connectivity index (χ1) is 20.8. The number of amides is 3. The van der Waals surface area contributed by atoms with Gasteiger partial charge in [0, 0.05) is 44.6 Å². The van der Waals surface area contributed by atoms with Crippen molar-refractivity contribution in [2.45, 2.75) is 19.1 Å². The summed E-state index contributed by atoms with van der Waals surface area (Å²) in [5.74, 6) is -1.92. The Hall–Kier alpha value is -4.72. The average molecular weight is 592 g/mol. The van der Waals surface area contributed by atoms with Crippen LogP contribution in [0.3, 0.4) is 0 Å². The van der Waals surface area contributed by atoms with Gasteiger partial charge in [-0.05, 0) is 48.9 Å². The zero-order valence-electron chi connectivity index (χ0n) is 23.8. The summed E-state index contributed by atoms with van der Waals surface area (Å²) in [5.41, 5.74) is 3.13. The highest BCUT2D eigenvalue weighted by molar-refractivity contribution is 5.94. The zero-order valence-corrected chi connectivity index (χ0v) is 23.8. The number of hydroxylamine groups is 2. The summed E-state index contributed by atoms with van der Waals surface area (Å²) >= 11 is 0. The van der Waals surface area contributed by atoms with Gasteiger partial charge in [-0.15, -0.1) is 0 Å². The molecule has 2 atom stereocenters. The van der Waals surface area contributed by atoms with Gasteiger partial charge >= 0.3 is 6.03 Å². The Morgan fingerprint density at radius 2 is 1.88 bits per heavy atom. The van der Waals surface area contributed by atoms with Crippen LogP contribution in [0.1, 0.15) is 27.7 Å². The molecule has 0 spiro atoms. The number of benzene rings is 2. The van der Waals surface area contributed by atoms with Crippen molar-refractivity contribution in [2.24, 2.45) is 0 Å². The predicted octanol–water partition coefficient (Wildman–Crippen LogP) is 4.01. The lowest BCUT2D eigenvalue weighted by Crippen LogP contribution is -2.42. The summed E-state index contributed by atoms with van der Waals surface area (Å²) < 4.78 is 34.5. The van der Waals surface area contributed by atoms with Crippen molar-refractivity contribution in [1.82, 2.24) is 30.5 Å². The number of pyridine rings is 1. The third-order valence-corrected chi connectivity index (χ3v) is 7.01. The van der Waals surface area contributed by atoms with E-state index in [-0.39, 0.29) is 18.1 Å². The lowest BCUT2D eigenvalue weighted by Gasteiger charge is -2.20. The van der Waals surface area contributed by atoms with Crippen LogP contribution in [0.4, 0.5) is 19.4 Å². The number of hydrogen-bond donors (Lipinski definition) is 3. The van der Waals surface area contributed by atoms with Crippen LogP contribution in [-0.2, 0) is 9.57 Å². The van der Waals surface area contributed by atoms with Crippen molar-refractivity contribution < 1.29 is 27.9 Å². The van der Waals surface area contributed by atoms with E-state index in [2.05, 4.69) is 20.9 Å². The summed E-state index contributed by atoms with van der Waals surface area (Å²) in [4.78, 5) is 35.8. The maximum atomic E-state index is 14.1. The van der Waals surface area contributed by atoms with Crippen LogP contribution < -0.4 is 16.0 Å². The topological polar surface area (TPSA) is 123 Å². The number of aromatic nitrogens is 3. The van der Waals surface area contributed by atoms with E-state index in [9.17, 15) is 18.4 Å². The van der Waals surface area contributed by atoms with Gasteiger partial charge < -0.3 is 15.4 Å². The second-order valence-corrected chi connectivity index (χ2v) is 9.86. The maximum Gasteiger partial charge on any atom is 0.320 e. The quantitative estimate of drug-likeness (QED) is 0.269. The van der Waals surface area contributed by atoms with Crippen LogP contribution in [0.2, 0.25) is 0 Å². The minimum Gasteiger partial charge on any atom is -0.383 e. The molecule has 224 valence electrons. The van der Waals surface area contributed by atoms with E-state index in [1.54, 1.807) is 29.0 Å². The standard InChI is InChI=1S/C30H31F2N7O4/c1-18-26(19-11-12-34-24(16-19)29(40)33-2)37-39(21-7-5-4-6-8-21)28(18)36-30(41)35-25-17-38(13-14-42-3)43-27(25)20-9-10-22(31)23(32)15-20/h4-12,15-16,25,27H,13-14,17H2,1-3H3,(H,33,40)(H2,35,36,41)/t25-,27+/m1/s1. The first-order valence-corrected chi connectivity index (χ1v) is 13.6. The largest absolute Gasteiger partial charge is 0.383 e. The van der Waals surface area contributed by atoms with Gasteiger partial charge in [-0.3, -0.25) is 19.9 Å². The van der Waals surface area contributed by atoms with Crippen LogP contribution in [0.25, 0.3) is 16.9 Å². The molecule has 1 aliphatic rings. The Labute approximate surface area is 246 Å². The summed E-state index contributed by atoms with van der Waals surface area (Å²) in [7, 11) is 3.08. The Bertz CT molecular complexity index is 1620. The average Bonchev–Trinajstić information content (AvgIpc) is 3.57. The number of carbonyl (C=O) groups excluding carboxylic acids is 2. The first-order valence-electron chi connectivity index (χ1n) is 13.6. The highest BCUT2D eigenvalue weighted by Crippen LogP contribution is 2.32. The molecule has 3 amide bonds. The maximum absolute atomic E-state index is 14.1. The van der Waals surface area contributed by atoms with Gasteiger partial charge in [-0.1, -0.05) is 24.3 Å². The monoisotopic (exact) mass is 591 g/mol. The molecule has 2 aromatic carbocycles. The molecule has 43 heavy (non-hydrogen) atoms. The number of nitrogens with one attached hydrogen (secondary N) is 3. The molecule has 1 fully saturated rings. The van der Waals surface area contributed by atoms with E-state index in [0.717, 1.165) is 12.1 Å². The Kier molecular flexibility index (Phi) is 9.04. The number of halogens is 2. The molecule has 0 unspecified atom stereocenters. The fraction of sp³-hybridized carbons (Fsp3) is 0.267. The lowest BCUT2D eigenvalue weighted by atomic mass is 10.0. The number of anilines is 1. The van der Waals surface area contributed by atoms with E-state index in [4.69, 9.17) is 14.7 Å². The van der Waals surface area contributed by atoms with Crippen molar-refractivity contribution in [2.75, 3.05) is 39.2 Å². The van der Waals surface area contributed by atoms with Crippen LogP contribution >= 0.6 is 0 Å². The molecular weight excluding hydrogens is 560 g/mol. The normalized spacial score (nSPS) is 16.7. The lowest BCUT2D eigenvalue weighted by molar-refractivity contribution is -0.154.